The minimum Gasteiger partial charge on any atom is -0.478 e. The molecule has 0 radical (unpaired) electrons. The molecule has 28 heavy (non-hydrogen) atoms. The number of nitrogens with one attached hydrogen (secondary N) is 1. The summed E-state index contributed by atoms with van der Waals surface area (Å²) in [5.74, 6) is -1.33. The molecule has 0 aliphatic carbocycles. The van der Waals surface area contributed by atoms with Crippen LogP contribution in [0.5, 0.6) is 0 Å². The largest absolute Gasteiger partial charge is 0.478 e. The minimum atomic E-state index is -4.52. The first kappa shape index (κ1) is 19.5. The fraction of sp³-hybridized carbons (Fsp3) is 0.278. The lowest BCUT2D eigenvalue weighted by molar-refractivity contribution is -0.137. The van der Waals surface area contributed by atoms with Crippen LogP contribution in [0.4, 0.5) is 29.5 Å². The number of amides is 2. The van der Waals surface area contributed by atoms with Crippen molar-refractivity contribution in [2.24, 2.45) is 0 Å². The maximum Gasteiger partial charge on any atom is 0.419 e. The summed E-state index contributed by atoms with van der Waals surface area (Å²) in [7, 11) is 0. The van der Waals surface area contributed by atoms with Gasteiger partial charge in [0, 0.05) is 32.4 Å². The van der Waals surface area contributed by atoms with Crippen molar-refractivity contribution in [2.75, 3.05) is 36.4 Å². The molecule has 0 saturated carbocycles. The summed E-state index contributed by atoms with van der Waals surface area (Å²) in [5, 5.41) is 11.7. The van der Waals surface area contributed by atoms with E-state index in [1.165, 1.54) is 34.2 Å². The van der Waals surface area contributed by atoms with E-state index in [4.69, 9.17) is 0 Å². The van der Waals surface area contributed by atoms with Crippen LogP contribution in [-0.4, -0.2) is 53.2 Å². The monoisotopic (exact) mass is 394 g/mol. The molecule has 10 heteroatoms. The van der Waals surface area contributed by atoms with E-state index in [1.54, 1.807) is 12.1 Å². The van der Waals surface area contributed by atoms with Crippen LogP contribution in [0.1, 0.15) is 15.9 Å². The highest BCUT2D eigenvalue weighted by Crippen LogP contribution is 2.35. The second-order valence-electron chi connectivity index (χ2n) is 6.13. The van der Waals surface area contributed by atoms with E-state index >= 15 is 0 Å². The molecule has 0 bridgehead atoms. The number of hydrogen-bond donors (Lipinski definition) is 2. The first-order chi connectivity index (χ1) is 13.3. The van der Waals surface area contributed by atoms with Gasteiger partial charge in [-0.1, -0.05) is 12.1 Å². The molecule has 2 heterocycles. The van der Waals surface area contributed by atoms with E-state index in [0.29, 0.717) is 0 Å². The molecule has 1 aromatic heterocycles. The maximum absolute atomic E-state index is 13.2. The summed E-state index contributed by atoms with van der Waals surface area (Å²) in [4.78, 5) is 30.4. The maximum atomic E-state index is 13.2. The van der Waals surface area contributed by atoms with Crippen LogP contribution in [0.3, 0.4) is 0 Å². The number of aromatic nitrogens is 1. The van der Waals surface area contributed by atoms with Crippen LogP contribution < -0.4 is 10.2 Å². The van der Waals surface area contributed by atoms with Gasteiger partial charge in [0.05, 0.1) is 16.8 Å². The number of hydrogen-bond acceptors (Lipinski definition) is 4. The number of rotatable bonds is 3. The smallest absolute Gasteiger partial charge is 0.419 e. The van der Waals surface area contributed by atoms with E-state index in [0.717, 1.165) is 6.07 Å². The zero-order valence-corrected chi connectivity index (χ0v) is 14.6. The standard InChI is InChI=1S/C18H17F3N4O3/c19-18(20,21)13-5-3-7-22-15(13)24-8-10-25(11-9-24)17(28)23-14-6-2-1-4-12(14)16(26)27/h1-7H,8-11H2,(H,23,28)(H,26,27). The zero-order chi connectivity index (χ0) is 20.3. The number of urea groups is 1. The molecule has 2 aromatic rings. The number of nitrogens with zero attached hydrogens (tertiary/aromatic N) is 3. The minimum absolute atomic E-state index is 0.0437. The van der Waals surface area contributed by atoms with Crippen LogP contribution >= 0.6 is 0 Å². The van der Waals surface area contributed by atoms with Gasteiger partial charge in [-0.05, 0) is 24.3 Å². The van der Waals surface area contributed by atoms with Gasteiger partial charge in [-0.3, -0.25) is 0 Å². The van der Waals surface area contributed by atoms with E-state index in [-0.39, 0.29) is 43.2 Å². The first-order valence-corrected chi connectivity index (χ1v) is 8.43. The van der Waals surface area contributed by atoms with E-state index in [9.17, 15) is 27.9 Å². The van der Waals surface area contributed by atoms with Gasteiger partial charge in [-0.25, -0.2) is 14.6 Å². The van der Waals surface area contributed by atoms with Gasteiger partial charge in [0.1, 0.15) is 5.82 Å². The third kappa shape index (κ3) is 4.16. The van der Waals surface area contributed by atoms with Crippen molar-refractivity contribution in [3.8, 4) is 0 Å². The molecule has 1 aliphatic rings. The molecule has 2 amide bonds. The molecule has 1 aromatic carbocycles. The van der Waals surface area contributed by atoms with Gasteiger partial charge in [0.15, 0.2) is 0 Å². The van der Waals surface area contributed by atoms with Gasteiger partial charge >= 0.3 is 18.2 Å². The predicted molar refractivity (Wildman–Crippen MR) is 95.4 cm³/mol. The van der Waals surface area contributed by atoms with Crippen LogP contribution in [0.25, 0.3) is 0 Å². The number of carbonyl (C=O) groups excluding carboxylic acids is 1. The number of anilines is 2. The average Bonchev–Trinajstić information content (AvgIpc) is 2.67. The topological polar surface area (TPSA) is 85.8 Å². The number of carbonyl (C=O) groups is 2. The number of para-hydroxylation sites is 1. The van der Waals surface area contributed by atoms with E-state index in [1.807, 2.05) is 0 Å². The lowest BCUT2D eigenvalue weighted by Crippen LogP contribution is -2.50. The highest BCUT2D eigenvalue weighted by molar-refractivity contribution is 6.00. The average molecular weight is 394 g/mol. The fourth-order valence-electron chi connectivity index (χ4n) is 2.96. The first-order valence-electron chi connectivity index (χ1n) is 8.43. The Hall–Kier alpha value is -3.30. The molecule has 0 unspecified atom stereocenters. The number of piperazine rings is 1. The van der Waals surface area contributed by atoms with Crippen molar-refractivity contribution in [1.29, 1.82) is 0 Å². The number of carboxylic acids is 1. The van der Waals surface area contributed by atoms with Gasteiger partial charge in [-0.2, -0.15) is 13.2 Å². The van der Waals surface area contributed by atoms with Gasteiger partial charge in [-0.15, -0.1) is 0 Å². The molecule has 1 fully saturated rings. The highest BCUT2D eigenvalue weighted by atomic mass is 19.4. The molecule has 1 saturated heterocycles. The Morgan fingerprint density at radius 3 is 2.36 bits per heavy atom. The highest BCUT2D eigenvalue weighted by Gasteiger charge is 2.36. The van der Waals surface area contributed by atoms with Crippen molar-refractivity contribution >= 4 is 23.5 Å². The quantitative estimate of drug-likeness (QED) is 0.835. The number of alkyl halides is 3. The SMILES string of the molecule is O=C(O)c1ccccc1NC(=O)N1CCN(c2ncccc2C(F)(F)F)CC1. The normalized spacial score (nSPS) is 14.7. The second-order valence-corrected chi connectivity index (χ2v) is 6.13. The summed E-state index contributed by atoms with van der Waals surface area (Å²) >= 11 is 0. The van der Waals surface area contributed by atoms with Crippen LogP contribution in [-0.2, 0) is 6.18 Å². The summed E-state index contributed by atoms with van der Waals surface area (Å²) in [6.07, 6.45) is -3.22. The Bertz CT molecular complexity index is 880. The van der Waals surface area contributed by atoms with Crippen molar-refractivity contribution < 1.29 is 27.9 Å². The molecule has 0 atom stereocenters. The zero-order valence-electron chi connectivity index (χ0n) is 14.6. The number of aromatic carboxylic acids is 1. The van der Waals surface area contributed by atoms with Gasteiger partial charge in [0.2, 0.25) is 0 Å². The summed E-state index contributed by atoms with van der Waals surface area (Å²) in [6, 6.07) is 7.69. The molecule has 148 valence electrons. The van der Waals surface area contributed by atoms with Crippen LogP contribution in [0.15, 0.2) is 42.6 Å². The number of halogens is 3. The summed E-state index contributed by atoms with van der Waals surface area (Å²) < 4.78 is 39.5. The number of benzene rings is 1. The Morgan fingerprint density at radius 1 is 1.04 bits per heavy atom. The lowest BCUT2D eigenvalue weighted by Gasteiger charge is -2.36. The third-order valence-electron chi connectivity index (χ3n) is 4.36. The van der Waals surface area contributed by atoms with E-state index in [2.05, 4.69) is 10.3 Å². The molecular formula is C18H17F3N4O3. The third-order valence-corrected chi connectivity index (χ3v) is 4.36. The van der Waals surface area contributed by atoms with Crippen LogP contribution in [0, 0.1) is 0 Å². The Labute approximate surface area is 158 Å². The van der Waals surface area contributed by atoms with Crippen molar-refractivity contribution in [3.05, 3.63) is 53.7 Å². The summed E-state index contributed by atoms with van der Waals surface area (Å²) in [6.45, 7) is 0.700. The number of carboxylic acid groups (broad SMARTS) is 1. The fourth-order valence-corrected chi connectivity index (χ4v) is 2.96. The Kier molecular flexibility index (Phi) is 5.39. The lowest BCUT2D eigenvalue weighted by atomic mass is 10.2. The van der Waals surface area contributed by atoms with Crippen molar-refractivity contribution in [2.45, 2.75) is 6.18 Å². The summed E-state index contributed by atoms with van der Waals surface area (Å²) in [5.41, 5.74) is -0.701. The van der Waals surface area contributed by atoms with Crippen LogP contribution in [0.2, 0.25) is 0 Å². The van der Waals surface area contributed by atoms with Gasteiger partial charge in [0.25, 0.3) is 0 Å². The number of pyridine rings is 1. The van der Waals surface area contributed by atoms with Crippen molar-refractivity contribution in [1.82, 2.24) is 9.88 Å². The molecule has 2 N–H and O–H groups in total. The van der Waals surface area contributed by atoms with E-state index < -0.39 is 23.7 Å². The second kappa shape index (κ2) is 7.75. The predicted octanol–water partition coefficient (Wildman–Crippen LogP) is 3.15. The Morgan fingerprint density at radius 2 is 1.71 bits per heavy atom. The van der Waals surface area contributed by atoms with Gasteiger partial charge < -0.3 is 20.2 Å². The molecule has 1 aliphatic heterocycles. The van der Waals surface area contributed by atoms with Crippen molar-refractivity contribution in [3.63, 3.8) is 0 Å². The molecule has 7 nitrogen and oxygen atoms in total. The molecule has 0 spiro atoms. The molecule has 3 rings (SSSR count). The Balaban J connectivity index is 1.67. The molecular weight excluding hydrogens is 377 g/mol.